The van der Waals surface area contributed by atoms with Crippen LogP contribution in [-0.4, -0.2) is 17.1 Å². The Morgan fingerprint density at radius 3 is 2.90 bits per heavy atom. The van der Waals surface area contributed by atoms with Crippen LogP contribution < -0.4 is 4.74 Å². The molecule has 0 saturated carbocycles. The molecule has 2 aromatic heterocycles. The van der Waals surface area contributed by atoms with E-state index in [9.17, 15) is 0 Å². The number of methoxy groups -OCH3 is 1. The number of aromatic nitrogens is 2. The molecule has 3 rings (SSSR count). The number of hydrogen-bond donors (Lipinski definition) is 0. The maximum Gasteiger partial charge on any atom is 0.274 e. The van der Waals surface area contributed by atoms with Crippen LogP contribution in [-0.2, 0) is 0 Å². The summed E-state index contributed by atoms with van der Waals surface area (Å²) in [4.78, 5) is 8.34. The lowest BCUT2D eigenvalue weighted by atomic mass is 10.3. The lowest BCUT2D eigenvalue weighted by Crippen LogP contribution is -1.84. The van der Waals surface area contributed by atoms with Crippen molar-refractivity contribution in [1.82, 2.24) is 9.97 Å². The van der Waals surface area contributed by atoms with Crippen LogP contribution in [0.15, 0.2) is 45.5 Å². The Kier molecular flexibility index (Phi) is 3.40. The molecule has 0 aliphatic carbocycles. The van der Waals surface area contributed by atoms with Crippen molar-refractivity contribution < 1.29 is 9.15 Å². The van der Waals surface area contributed by atoms with Crippen molar-refractivity contribution in [2.75, 3.05) is 7.11 Å². The van der Waals surface area contributed by atoms with Crippen molar-refractivity contribution >= 4 is 27.0 Å². The van der Waals surface area contributed by atoms with E-state index in [1.807, 2.05) is 24.3 Å². The Labute approximate surface area is 123 Å². The third kappa shape index (κ3) is 2.38. The van der Waals surface area contributed by atoms with E-state index in [4.69, 9.17) is 9.15 Å². The second kappa shape index (κ2) is 5.35. The van der Waals surface area contributed by atoms with Gasteiger partial charge in [0.15, 0.2) is 11.1 Å². The Hall–Kier alpha value is -2.32. The highest BCUT2D eigenvalue weighted by Gasteiger charge is 2.12. The zero-order valence-corrected chi connectivity index (χ0v) is 12.1. The molecule has 5 heteroatoms. The number of ether oxygens (including phenoxy) is 1. The number of benzene rings is 1. The molecule has 0 N–H and O–H groups in total. The van der Waals surface area contributed by atoms with Gasteiger partial charge in [0, 0.05) is 18.0 Å². The predicted molar refractivity (Wildman–Crippen MR) is 78.5 cm³/mol. The summed E-state index contributed by atoms with van der Waals surface area (Å²) >= 11 is 3.42. The monoisotopic (exact) mass is 328 g/mol. The summed E-state index contributed by atoms with van der Waals surface area (Å²) in [6.45, 7) is 0. The van der Waals surface area contributed by atoms with E-state index in [0.29, 0.717) is 22.7 Å². The van der Waals surface area contributed by atoms with E-state index in [2.05, 4.69) is 37.7 Å². The van der Waals surface area contributed by atoms with Crippen molar-refractivity contribution in [2.45, 2.75) is 0 Å². The third-order valence-electron chi connectivity index (χ3n) is 2.65. The summed E-state index contributed by atoms with van der Waals surface area (Å²) in [6.07, 6.45) is 3.39. The van der Waals surface area contributed by atoms with Crippen LogP contribution in [0.4, 0.5) is 0 Å². The molecule has 0 amide bonds. The minimum Gasteiger partial charge on any atom is -0.494 e. The van der Waals surface area contributed by atoms with Gasteiger partial charge < -0.3 is 9.15 Å². The van der Waals surface area contributed by atoms with Gasteiger partial charge in [-0.15, -0.1) is 0 Å². The van der Waals surface area contributed by atoms with E-state index in [1.165, 1.54) is 0 Å². The van der Waals surface area contributed by atoms with Crippen LogP contribution >= 0.6 is 15.9 Å². The average Bonchev–Trinajstić information content (AvgIpc) is 2.92. The summed E-state index contributed by atoms with van der Waals surface area (Å²) in [6, 6.07) is 7.38. The Morgan fingerprint density at radius 2 is 2.15 bits per heavy atom. The summed E-state index contributed by atoms with van der Waals surface area (Å²) in [5.74, 6) is 6.83. The number of rotatable bonds is 1. The van der Waals surface area contributed by atoms with Crippen molar-refractivity contribution in [3.05, 3.63) is 52.6 Å². The Morgan fingerprint density at radius 1 is 1.25 bits per heavy atom. The zero-order valence-electron chi connectivity index (χ0n) is 10.6. The maximum atomic E-state index is 5.63. The third-order valence-corrected chi connectivity index (χ3v) is 3.28. The van der Waals surface area contributed by atoms with Crippen LogP contribution in [0.1, 0.15) is 11.5 Å². The zero-order chi connectivity index (χ0) is 13.9. The van der Waals surface area contributed by atoms with Crippen LogP contribution in [0, 0.1) is 11.8 Å². The lowest BCUT2D eigenvalue weighted by Gasteiger charge is -1.99. The smallest absolute Gasteiger partial charge is 0.274 e. The van der Waals surface area contributed by atoms with Gasteiger partial charge in [-0.1, -0.05) is 5.92 Å². The number of hydrogen-bond acceptors (Lipinski definition) is 4. The van der Waals surface area contributed by atoms with E-state index in [-0.39, 0.29) is 0 Å². The van der Waals surface area contributed by atoms with E-state index in [0.717, 1.165) is 10.0 Å². The van der Waals surface area contributed by atoms with Crippen molar-refractivity contribution in [1.29, 1.82) is 0 Å². The van der Waals surface area contributed by atoms with Crippen molar-refractivity contribution in [2.24, 2.45) is 0 Å². The molecule has 0 spiro atoms. The quantitative estimate of drug-likeness (QED) is 0.642. The van der Waals surface area contributed by atoms with Gasteiger partial charge in [-0.25, -0.2) is 0 Å². The minimum atomic E-state index is 0.342. The van der Waals surface area contributed by atoms with Gasteiger partial charge in [-0.2, -0.15) is 4.98 Å². The predicted octanol–water partition coefficient (Wildman–Crippen LogP) is 3.39. The van der Waals surface area contributed by atoms with Gasteiger partial charge in [0.05, 0.1) is 11.6 Å². The number of halogens is 1. The molecule has 1 aromatic carbocycles. The van der Waals surface area contributed by atoms with Crippen molar-refractivity contribution in [3.63, 3.8) is 0 Å². The molecule has 3 aromatic rings. The van der Waals surface area contributed by atoms with Crippen LogP contribution in [0.25, 0.3) is 11.1 Å². The highest BCUT2D eigenvalue weighted by molar-refractivity contribution is 9.10. The summed E-state index contributed by atoms with van der Waals surface area (Å²) in [7, 11) is 1.60. The molecule has 0 aliphatic heterocycles. The fraction of sp³-hybridized carbons (Fsp3) is 0.0667. The van der Waals surface area contributed by atoms with Gasteiger partial charge in [0.2, 0.25) is 0 Å². The van der Waals surface area contributed by atoms with Gasteiger partial charge in [-0.05, 0) is 46.1 Å². The molecule has 0 unspecified atom stereocenters. The largest absolute Gasteiger partial charge is 0.494 e. The summed E-state index contributed by atoms with van der Waals surface area (Å²) in [5.41, 5.74) is 2.08. The molecule has 4 nitrogen and oxygen atoms in total. The van der Waals surface area contributed by atoms with Gasteiger partial charge in [-0.3, -0.25) is 4.98 Å². The summed E-state index contributed by atoms with van der Waals surface area (Å²) < 4.78 is 11.7. The highest BCUT2D eigenvalue weighted by atomic mass is 79.9. The Balaban J connectivity index is 2.06. The van der Waals surface area contributed by atoms with Gasteiger partial charge in [0.25, 0.3) is 5.89 Å². The highest BCUT2D eigenvalue weighted by Crippen LogP contribution is 2.31. The minimum absolute atomic E-state index is 0.342. The van der Waals surface area contributed by atoms with E-state index < -0.39 is 0 Å². The van der Waals surface area contributed by atoms with Crippen LogP contribution in [0.5, 0.6) is 5.75 Å². The molecule has 0 bridgehead atoms. The SMILES string of the molecule is COc1ccc(Br)c2oc(C#Cc3cccnc3)nc12. The normalized spacial score (nSPS) is 10.1. The molecule has 98 valence electrons. The fourth-order valence-corrected chi connectivity index (χ4v) is 2.13. The number of oxazole rings is 1. The standard InChI is InChI=1S/C15H9BrN2O2/c1-19-12-6-5-11(16)15-14(12)18-13(20-15)7-4-10-3-2-8-17-9-10/h2-3,5-6,8-9H,1H3. The molecule has 0 aliphatic rings. The number of nitrogens with zero attached hydrogens (tertiary/aromatic N) is 2. The molecule has 0 radical (unpaired) electrons. The first kappa shape index (κ1) is 12.7. The second-order valence-electron chi connectivity index (χ2n) is 3.94. The first-order valence-electron chi connectivity index (χ1n) is 5.83. The lowest BCUT2D eigenvalue weighted by molar-refractivity contribution is 0.419. The average molecular weight is 329 g/mol. The Bertz CT molecular complexity index is 816. The van der Waals surface area contributed by atoms with E-state index in [1.54, 1.807) is 19.5 Å². The van der Waals surface area contributed by atoms with Crippen LogP contribution in [0.2, 0.25) is 0 Å². The molecular weight excluding hydrogens is 320 g/mol. The first-order valence-corrected chi connectivity index (χ1v) is 6.62. The molecule has 0 saturated heterocycles. The fourth-order valence-electron chi connectivity index (χ4n) is 1.73. The summed E-state index contributed by atoms with van der Waals surface area (Å²) in [5, 5.41) is 0. The topological polar surface area (TPSA) is 48.2 Å². The van der Waals surface area contributed by atoms with Gasteiger partial charge in [0.1, 0.15) is 5.75 Å². The first-order chi connectivity index (χ1) is 9.78. The number of pyridine rings is 1. The molecule has 0 fully saturated rings. The molecule has 0 atom stereocenters. The van der Waals surface area contributed by atoms with Crippen molar-refractivity contribution in [3.8, 4) is 17.6 Å². The molecule has 20 heavy (non-hydrogen) atoms. The molecule has 2 heterocycles. The van der Waals surface area contributed by atoms with Crippen LogP contribution in [0.3, 0.4) is 0 Å². The second-order valence-corrected chi connectivity index (χ2v) is 4.79. The maximum absolute atomic E-state index is 5.63. The van der Waals surface area contributed by atoms with Gasteiger partial charge >= 0.3 is 0 Å². The number of fused-ring (bicyclic) bond motifs is 1. The molecular formula is C15H9BrN2O2. The van der Waals surface area contributed by atoms with E-state index >= 15 is 0 Å².